The third kappa shape index (κ3) is 3.37. The molecule has 0 bridgehead atoms. The maximum absolute atomic E-state index is 13.3. The van der Waals surface area contributed by atoms with Crippen molar-refractivity contribution in [3.05, 3.63) is 29.7 Å². The van der Waals surface area contributed by atoms with Gasteiger partial charge >= 0.3 is 0 Å². The van der Waals surface area contributed by atoms with Crippen LogP contribution in [-0.2, 0) is 9.53 Å². The zero-order valence-electron chi connectivity index (χ0n) is 16.6. The standard InChI is InChI=1S/C20H27N5O3/c1-15-16(12-21-17-5-8-22-25(15)17)19(27)24-9-3-6-20(14-24)7-4-18(26)23(13-20)10-11-28-2/h5,8,12H,3-4,6-7,9-11,13-14H2,1-2H3/t20-/m0/s1. The van der Waals surface area contributed by atoms with Crippen molar-refractivity contribution in [1.29, 1.82) is 0 Å². The Bertz CT molecular complexity index is 895. The predicted molar refractivity (Wildman–Crippen MR) is 103 cm³/mol. The van der Waals surface area contributed by atoms with Crippen LogP contribution in [0.1, 0.15) is 41.7 Å². The maximum Gasteiger partial charge on any atom is 0.257 e. The molecule has 2 aliphatic rings. The number of aromatic nitrogens is 3. The number of aryl methyl sites for hydroxylation is 1. The lowest BCUT2D eigenvalue weighted by Crippen LogP contribution is -2.55. The number of methoxy groups -OCH3 is 1. The number of piperidine rings is 2. The first kappa shape index (κ1) is 18.9. The van der Waals surface area contributed by atoms with Crippen LogP contribution in [0.5, 0.6) is 0 Å². The zero-order chi connectivity index (χ0) is 19.7. The molecule has 0 saturated carbocycles. The summed E-state index contributed by atoms with van der Waals surface area (Å²) in [6.07, 6.45) is 6.73. The molecule has 1 atom stereocenters. The van der Waals surface area contributed by atoms with E-state index in [4.69, 9.17) is 4.74 Å². The van der Waals surface area contributed by atoms with Gasteiger partial charge in [-0.3, -0.25) is 9.59 Å². The van der Waals surface area contributed by atoms with E-state index in [1.807, 2.05) is 22.8 Å². The minimum absolute atomic E-state index is 0.00168. The molecular formula is C20H27N5O3. The fourth-order valence-corrected chi connectivity index (χ4v) is 4.59. The number of amides is 2. The van der Waals surface area contributed by atoms with Crippen LogP contribution in [0.2, 0.25) is 0 Å². The van der Waals surface area contributed by atoms with Gasteiger partial charge in [0.1, 0.15) is 0 Å². The summed E-state index contributed by atoms with van der Waals surface area (Å²) in [7, 11) is 1.65. The van der Waals surface area contributed by atoms with Crippen LogP contribution in [0, 0.1) is 12.3 Å². The molecule has 0 aromatic carbocycles. The summed E-state index contributed by atoms with van der Waals surface area (Å²) in [5, 5.41) is 4.26. The van der Waals surface area contributed by atoms with Crippen molar-refractivity contribution in [2.75, 3.05) is 39.9 Å². The summed E-state index contributed by atoms with van der Waals surface area (Å²) in [6.45, 7) is 5.18. The van der Waals surface area contributed by atoms with Gasteiger partial charge in [-0.1, -0.05) is 0 Å². The number of likely N-dealkylation sites (tertiary alicyclic amines) is 2. The Morgan fingerprint density at radius 1 is 1.32 bits per heavy atom. The fraction of sp³-hybridized carbons (Fsp3) is 0.600. The molecule has 2 aromatic heterocycles. The van der Waals surface area contributed by atoms with E-state index in [0.29, 0.717) is 38.2 Å². The van der Waals surface area contributed by atoms with Gasteiger partial charge in [0, 0.05) is 57.4 Å². The third-order valence-electron chi connectivity index (χ3n) is 6.15. The van der Waals surface area contributed by atoms with Crippen LogP contribution in [0.25, 0.3) is 5.65 Å². The lowest BCUT2D eigenvalue weighted by atomic mass is 9.73. The van der Waals surface area contributed by atoms with Crippen molar-refractivity contribution in [1.82, 2.24) is 24.4 Å². The van der Waals surface area contributed by atoms with Gasteiger partial charge in [0.2, 0.25) is 5.91 Å². The van der Waals surface area contributed by atoms with Gasteiger partial charge in [0.25, 0.3) is 5.91 Å². The molecule has 8 nitrogen and oxygen atoms in total. The van der Waals surface area contributed by atoms with E-state index < -0.39 is 0 Å². The normalized spacial score (nSPS) is 23.0. The largest absolute Gasteiger partial charge is 0.383 e. The van der Waals surface area contributed by atoms with E-state index in [0.717, 1.165) is 37.1 Å². The Hall–Kier alpha value is -2.48. The van der Waals surface area contributed by atoms with Crippen molar-refractivity contribution in [3.8, 4) is 0 Å². The molecule has 0 radical (unpaired) electrons. The predicted octanol–water partition coefficient (Wildman–Crippen LogP) is 1.53. The van der Waals surface area contributed by atoms with Crippen LogP contribution in [0.4, 0.5) is 0 Å². The van der Waals surface area contributed by atoms with E-state index in [9.17, 15) is 9.59 Å². The van der Waals surface area contributed by atoms with Crippen molar-refractivity contribution in [2.24, 2.45) is 5.41 Å². The average molecular weight is 385 g/mol. The van der Waals surface area contributed by atoms with E-state index in [2.05, 4.69) is 10.1 Å². The molecule has 150 valence electrons. The summed E-state index contributed by atoms with van der Waals surface area (Å²) in [5.41, 5.74) is 2.12. The van der Waals surface area contributed by atoms with E-state index in [1.54, 1.807) is 24.0 Å². The second-order valence-corrected chi connectivity index (χ2v) is 8.00. The van der Waals surface area contributed by atoms with Crippen molar-refractivity contribution in [3.63, 3.8) is 0 Å². The highest BCUT2D eigenvalue weighted by Gasteiger charge is 2.42. The molecule has 28 heavy (non-hydrogen) atoms. The third-order valence-corrected chi connectivity index (χ3v) is 6.15. The number of hydrogen-bond donors (Lipinski definition) is 0. The molecule has 2 aromatic rings. The zero-order valence-corrected chi connectivity index (χ0v) is 16.6. The molecule has 2 amide bonds. The highest BCUT2D eigenvalue weighted by atomic mass is 16.5. The number of fused-ring (bicyclic) bond motifs is 1. The lowest BCUT2D eigenvalue weighted by Gasteiger charge is -2.48. The highest BCUT2D eigenvalue weighted by Crippen LogP contribution is 2.39. The van der Waals surface area contributed by atoms with E-state index >= 15 is 0 Å². The van der Waals surface area contributed by atoms with Gasteiger partial charge in [-0.25, -0.2) is 9.50 Å². The van der Waals surface area contributed by atoms with Crippen LogP contribution < -0.4 is 0 Å². The van der Waals surface area contributed by atoms with Crippen LogP contribution >= 0.6 is 0 Å². The van der Waals surface area contributed by atoms with E-state index in [1.165, 1.54) is 0 Å². The van der Waals surface area contributed by atoms with Crippen LogP contribution in [0.3, 0.4) is 0 Å². The van der Waals surface area contributed by atoms with Crippen molar-refractivity contribution in [2.45, 2.75) is 32.6 Å². The first-order chi connectivity index (χ1) is 13.5. The Labute approximate surface area is 164 Å². The summed E-state index contributed by atoms with van der Waals surface area (Å²) < 4.78 is 6.86. The number of rotatable bonds is 4. The number of carbonyl (C=O) groups is 2. The average Bonchev–Trinajstić information content (AvgIpc) is 3.19. The van der Waals surface area contributed by atoms with Crippen molar-refractivity contribution >= 4 is 17.5 Å². The summed E-state index contributed by atoms with van der Waals surface area (Å²) >= 11 is 0. The number of nitrogens with zero attached hydrogens (tertiary/aromatic N) is 5. The first-order valence-electron chi connectivity index (χ1n) is 9.88. The minimum atomic E-state index is -0.0211. The SMILES string of the molecule is COCCN1C[C@]2(CCCN(C(=O)c3cnc4ccnn4c3C)C2)CCC1=O. The van der Waals surface area contributed by atoms with Gasteiger partial charge in [-0.05, 0) is 26.2 Å². The van der Waals surface area contributed by atoms with E-state index in [-0.39, 0.29) is 17.2 Å². The molecule has 0 N–H and O–H groups in total. The Kier molecular flexibility index (Phi) is 5.05. The molecule has 2 aliphatic heterocycles. The molecule has 1 spiro atoms. The topological polar surface area (TPSA) is 80.0 Å². The molecule has 2 saturated heterocycles. The van der Waals surface area contributed by atoms with Gasteiger partial charge in [0.15, 0.2) is 5.65 Å². The summed E-state index contributed by atoms with van der Waals surface area (Å²) in [5.74, 6) is 0.192. The Balaban J connectivity index is 1.53. The molecule has 0 unspecified atom stereocenters. The molecule has 2 fully saturated rings. The summed E-state index contributed by atoms with van der Waals surface area (Å²) in [6, 6.07) is 1.82. The quantitative estimate of drug-likeness (QED) is 0.797. The van der Waals surface area contributed by atoms with Gasteiger partial charge in [-0.15, -0.1) is 0 Å². The first-order valence-corrected chi connectivity index (χ1v) is 9.88. The number of hydrogen-bond acceptors (Lipinski definition) is 5. The molecule has 4 rings (SSSR count). The maximum atomic E-state index is 13.3. The minimum Gasteiger partial charge on any atom is -0.383 e. The Morgan fingerprint density at radius 3 is 3.00 bits per heavy atom. The second kappa shape index (κ2) is 7.50. The van der Waals surface area contributed by atoms with Crippen LogP contribution in [-0.4, -0.2) is 76.1 Å². The Morgan fingerprint density at radius 2 is 2.18 bits per heavy atom. The molecule has 0 aliphatic carbocycles. The van der Waals surface area contributed by atoms with Crippen LogP contribution in [0.15, 0.2) is 18.5 Å². The second-order valence-electron chi connectivity index (χ2n) is 8.00. The van der Waals surface area contributed by atoms with Gasteiger partial charge in [-0.2, -0.15) is 5.10 Å². The molecule has 4 heterocycles. The summed E-state index contributed by atoms with van der Waals surface area (Å²) in [4.78, 5) is 33.8. The van der Waals surface area contributed by atoms with Gasteiger partial charge in [0.05, 0.1) is 24.1 Å². The highest BCUT2D eigenvalue weighted by molar-refractivity contribution is 5.95. The van der Waals surface area contributed by atoms with Crippen molar-refractivity contribution < 1.29 is 14.3 Å². The molecular weight excluding hydrogens is 358 g/mol. The van der Waals surface area contributed by atoms with Gasteiger partial charge < -0.3 is 14.5 Å². The number of ether oxygens (including phenoxy) is 1. The smallest absolute Gasteiger partial charge is 0.257 e. The lowest BCUT2D eigenvalue weighted by molar-refractivity contribution is -0.139. The number of carbonyl (C=O) groups excluding carboxylic acids is 2. The molecule has 8 heteroatoms. The fourth-order valence-electron chi connectivity index (χ4n) is 4.59. The monoisotopic (exact) mass is 385 g/mol.